The van der Waals surface area contributed by atoms with E-state index in [1.54, 1.807) is 31.3 Å². The molecule has 238 valence electrons. The Kier molecular flexibility index (Phi) is 10.0. The number of nitrogens with one attached hydrogen (secondary N) is 1. The number of rotatable bonds is 13. The summed E-state index contributed by atoms with van der Waals surface area (Å²) in [5, 5.41) is 7.35. The quantitative estimate of drug-likeness (QED) is 0.329. The van der Waals surface area contributed by atoms with Crippen molar-refractivity contribution in [3.63, 3.8) is 0 Å². The molecule has 4 heterocycles. The summed E-state index contributed by atoms with van der Waals surface area (Å²) in [7, 11) is 3.37. The lowest BCUT2D eigenvalue weighted by molar-refractivity contribution is -0.127. The lowest BCUT2D eigenvalue weighted by Gasteiger charge is -2.36. The molecular weight excluding hydrogens is 562 g/mol. The van der Waals surface area contributed by atoms with Crippen LogP contribution in [-0.2, 0) is 24.0 Å². The van der Waals surface area contributed by atoms with Crippen molar-refractivity contribution >= 4 is 28.9 Å². The van der Waals surface area contributed by atoms with Crippen molar-refractivity contribution in [1.82, 2.24) is 20.1 Å². The van der Waals surface area contributed by atoms with Gasteiger partial charge in [0.25, 0.3) is 5.91 Å². The predicted molar refractivity (Wildman–Crippen MR) is 165 cm³/mol. The van der Waals surface area contributed by atoms with Gasteiger partial charge in [-0.25, -0.2) is 4.98 Å². The molecule has 0 saturated carbocycles. The fourth-order valence-electron chi connectivity index (χ4n) is 6.39. The first-order valence-electron chi connectivity index (χ1n) is 15.9. The fourth-order valence-corrected chi connectivity index (χ4v) is 6.39. The van der Waals surface area contributed by atoms with E-state index in [1.165, 1.54) is 0 Å². The van der Waals surface area contributed by atoms with Crippen LogP contribution in [0, 0.1) is 5.92 Å². The molecule has 4 aliphatic rings. The number of Topliss-reactive ketones (excluding diaryl/α,β-unsaturated/α-hetero) is 1. The lowest BCUT2D eigenvalue weighted by Crippen LogP contribution is -2.45. The van der Waals surface area contributed by atoms with Crippen LogP contribution in [0.1, 0.15) is 89.3 Å². The van der Waals surface area contributed by atoms with Gasteiger partial charge in [-0.3, -0.25) is 14.4 Å². The molecule has 1 aromatic rings. The maximum Gasteiger partial charge on any atom is 0.269 e. The zero-order valence-corrected chi connectivity index (χ0v) is 26.3. The number of ketones is 1. The number of methoxy groups -OCH3 is 1. The molecule has 1 N–H and O–H groups in total. The van der Waals surface area contributed by atoms with Gasteiger partial charge < -0.3 is 29.1 Å². The van der Waals surface area contributed by atoms with Gasteiger partial charge in [0.2, 0.25) is 11.8 Å². The molecule has 1 aromatic heterocycles. The summed E-state index contributed by atoms with van der Waals surface area (Å²) in [4.78, 5) is 52.0. The van der Waals surface area contributed by atoms with E-state index in [4.69, 9.17) is 14.0 Å². The highest BCUT2D eigenvalue weighted by atomic mass is 16.7. The Balaban J connectivity index is 1.30. The van der Waals surface area contributed by atoms with Gasteiger partial charge >= 0.3 is 0 Å². The van der Waals surface area contributed by atoms with Gasteiger partial charge in [0.05, 0.1) is 24.9 Å². The van der Waals surface area contributed by atoms with E-state index in [-0.39, 0.29) is 29.6 Å². The summed E-state index contributed by atoms with van der Waals surface area (Å²) in [5.74, 6) is 1.43. The van der Waals surface area contributed by atoms with Crippen LogP contribution in [0.15, 0.2) is 45.8 Å². The molecule has 1 aliphatic carbocycles. The van der Waals surface area contributed by atoms with Crippen molar-refractivity contribution < 1.29 is 28.4 Å². The summed E-state index contributed by atoms with van der Waals surface area (Å²) < 4.78 is 12.0. The SMILES string of the molecule is CCC(=O)CCCCC[C@H](NC(=O)C1=NOC2(CCN(CC)CC2)C1)c1ncc(C2=CC3C=CC(=O)N(C)C3C=C2OC)o1. The molecule has 0 radical (unpaired) electrons. The number of nitrogens with zero attached hydrogens (tertiary/aromatic N) is 4. The molecular formula is C33H45N5O6. The van der Waals surface area contributed by atoms with Crippen molar-refractivity contribution in [3.05, 3.63) is 47.9 Å². The van der Waals surface area contributed by atoms with Gasteiger partial charge in [-0.15, -0.1) is 0 Å². The fraction of sp³-hybridized carbons (Fsp3) is 0.606. The Morgan fingerprint density at radius 2 is 1.98 bits per heavy atom. The molecule has 11 heteroatoms. The largest absolute Gasteiger partial charge is 0.496 e. The van der Waals surface area contributed by atoms with Crippen molar-refractivity contribution in [3.8, 4) is 0 Å². The Morgan fingerprint density at radius 1 is 1.18 bits per heavy atom. The number of unbranched alkanes of at least 4 members (excludes halogenated alkanes) is 2. The number of aromatic nitrogens is 1. The second kappa shape index (κ2) is 13.9. The summed E-state index contributed by atoms with van der Waals surface area (Å²) in [6.07, 6.45) is 15.4. The van der Waals surface area contributed by atoms with Crippen LogP contribution in [0.2, 0.25) is 0 Å². The van der Waals surface area contributed by atoms with Crippen LogP contribution in [0.5, 0.6) is 0 Å². The number of oxazole rings is 1. The van der Waals surface area contributed by atoms with E-state index in [1.807, 2.05) is 25.2 Å². The molecule has 1 fully saturated rings. The highest BCUT2D eigenvalue weighted by molar-refractivity contribution is 6.39. The first-order valence-corrected chi connectivity index (χ1v) is 15.9. The third kappa shape index (κ3) is 6.98. The average Bonchev–Trinajstić information content (AvgIpc) is 3.70. The maximum atomic E-state index is 13.5. The molecule has 1 saturated heterocycles. The highest BCUT2D eigenvalue weighted by Crippen LogP contribution is 2.37. The van der Waals surface area contributed by atoms with Gasteiger partial charge in [0.1, 0.15) is 28.9 Å². The second-order valence-corrected chi connectivity index (χ2v) is 12.2. The van der Waals surface area contributed by atoms with E-state index in [0.717, 1.165) is 57.3 Å². The first-order chi connectivity index (χ1) is 21.3. The van der Waals surface area contributed by atoms with Gasteiger partial charge in [0, 0.05) is 58.2 Å². The number of piperidine rings is 1. The van der Waals surface area contributed by atoms with Gasteiger partial charge in [-0.1, -0.05) is 44.0 Å². The Bertz CT molecular complexity index is 1350. The summed E-state index contributed by atoms with van der Waals surface area (Å²) in [5.41, 5.74) is 0.738. The molecule has 1 spiro atoms. The standard InChI is InChI=1S/C33H45N5O6/c1-5-23(39)10-8-7-9-11-25(35-31(41)26-20-33(44-36-26)14-16-38(6-2)17-15-33)32-34-21-29(43-32)24-18-22-12-13-30(40)37(3)27(22)19-28(24)42-4/h12-13,18-19,21-22,25,27H,5-11,14-17,20H2,1-4H3,(H,35,41)/t22?,25-,27?/m0/s1. The maximum absolute atomic E-state index is 13.5. The summed E-state index contributed by atoms with van der Waals surface area (Å²) in [6, 6.07) is -0.628. The smallest absolute Gasteiger partial charge is 0.269 e. The molecule has 3 aliphatic heterocycles. The van der Waals surface area contributed by atoms with Crippen LogP contribution >= 0.6 is 0 Å². The first kappa shape index (κ1) is 31.7. The van der Waals surface area contributed by atoms with Crippen LogP contribution in [0.3, 0.4) is 0 Å². The van der Waals surface area contributed by atoms with E-state index >= 15 is 0 Å². The van der Waals surface area contributed by atoms with Crippen molar-refractivity contribution in [2.75, 3.05) is 33.8 Å². The van der Waals surface area contributed by atoms with Crippen LogP contribution in [0.4, 0.5) is 0 Å². The van der Waals surface area contributed by atoms with Gasteiger partial charge in [-0.05, 0) is 31.5 Å². The number of fused-ring (bicyclic) bond motifs is 1. The van der Waals surface area contributed by atoms with Gasteiger partial charge in [-0.2, -0.15) is 0 Å². The number of likely N-dealkylation sites (N-methyl/N-ethyl adjacent to an activating group) is 1. The van der Waals surface area contributed by atoms with E-state index in [9.17, 15) is 14.4 Å². The summed E-state index contributed by atoms with van der Waals surface area (Å²) >= 11 is 0. The Labute approximate surface area is 259 Å². The third-order valence-corrected chi connectivity index (χ3v) is 9.37. The number of ether oxygens (including phenoxy) is 1. The van der Waals surface area contributed by atoms with Crippen LogP contribution < -0.4 is 5.32 Å². The summed E-state index contributed by atoms with van der Waals surface area (Å²) in [6.45, 7) is 6.90. The second-order valence-electron chi connectivity index (χ2n) is 12.2. The average molecular weight is 608 g/mol. The lowest BCUT2D eigenvalue weighted by atomic mass is 9.86. The normalized spacial score (nSPS) is 23.4. The number of hydrogen-bond acceptors (Lipinski definition) is 9. The molecule has 0 aromatic carbocycles. The molecule has 11 nitrogen and oxygen atoms in total. The monoisotopic (exact) mass is 607 g/mol. The molecule has 3 atom stereocenters. The molecule has 44 heavy (non-hydrogen) atoms. The molecule has 5 rings (SSSR count). The number of allylic oxidation sites excluding steroid dienone is 1. The van der Waals surface area contributed by atoms with Crippen LogP contribution in [0.25, 0.3) is 5.57 Å². The molecule has 0 bridgehead atoms. The number of carbonyl (C=O) groups is 3. The predicted octanol–water partition coefficient (Wildman–Crippen LogP) is 4.33. The van der Waals surface area contributed by atoms with Crippen LogP contribution in [-0.4, -0.2) is 83.5 Å². The molecule has 2 unspecified atom stereocenters. The minimum Gasteiger partial charge on any atom is -0.496 e. The van der Waals surface area contributed by atoms with Crippen molar-refractivity contribution in [2.45, 2.75) is 89.3 Å². The minimum absolute atomic E-state index is 0.0293. The number of hydrogen-bond donors (Lipinski definition) is 1. The number of oxime groups is 1. The van der Waals surface area contributed by atoms with Gasteiger partial charge in [0.15, 0.2) is 5.76 Å². The Hall–Kier alpha value is -3.73. The topological polar surface area (TPSA) is 127 Å². The third-order valence-electron chi connectivity index (χ3n) is 9.37. The van der Waals surface area contributed by atoms with E-state index in [0.29, 0.717) is 48.8 Å². The number of amides is 2. The Morgan fingerprint density at radius 3 is 2.70 bits per heavy atom. The number of carbonyl (C=O) groups excluding carboxylic acids is 3. The van der Waals surface area contributed by atoms with Crippen molar-refractivity contribution in [1.29, 1.82) is 0 Å². The van der Waals surface area contributed by atoms with Crippen molar-refractivity contribution in [2.24, 2.45) is 11.1 Å². The van der Waals surface area contributed by atoms with E-state index < -0.39 is 11.6 Å². The zero-order valence-electron chi connectivity index (χ0n) is 26.3. The zero-order chi connectivity index (χ0) is 31.3. The highest BCUT2D eigenvalue weighted by Gasteiger charge is 2.44. The minimum atomic E-state index is -0.482. The van der Waals surface area contributed by atoms with E-state index in [2.05, 4.69) is 27.3 Å². The molecule has 2 amide bonds. The number of likely N-dealkylation sites (tertiary alicyclic amines) is 1.